The first-order chi connectivity index (χ1) is 7.81. The van der Waals surface area contributed by atoms with Crippen LogP contribution in [0, 0.1) is 0 Å². The van der Waals surface area contributed by atoms with Crippen LogP contribution < -0.4 is 0 Å². The van der Waals surface area contributed by atoms with Crippen molar-refractivity contribution in [1.29, 1.82) is 0 Å². The minimum atomic E-state index is 0.753. The zero-order valence-corrected chi connectivity index (χ0v) is 10.1. The topological polar surface area (TPSA) is 17.8 Å². The smallest absolute Gasteiger partial charge is 0.0953 e. The van der Waals surface area contributed by atoms with Gasteiger partial charge in [0.1, 0.15) is 0 Å². The van der Waals surface area contributed by atoms with Crippen molar-refractivity contribution in [2.45, 2.75) is 26.3 Å². The third-order valence-corrected chi connectivity index (χ3v) is 2.88. The number of aryl methyl sites for hydroxylation is 1. The van der Waals surface area contributed by atoms with E-state index in [0.717, 1.165) is 22.8 Å². The number of benzene rings is 1. The van der Waals surface area contributed by atoms with Crippen LogP contribution in [0.3, 0.4) is 0 Å². The molecule has 0 aliphatic heterocycles. The molecule has 0 aliphatic carbocycles. The first-order valence-corrected chi connectivity index (χ1v) is 5.95. The molecule has 2 rings (SSSR count). The van der Waals surface area contributed by atoms with Gasteiger partial charge in [-0.3, -0.25) is 0 Å². The Balaban J connectivity index is 2.22. The van der Waals surface area contributed by atoms with E-state index in [1.807, 2.05) is 30.6 Å². The molecule has 1 aromatic heterocycles. The van der Waals surface area contributed by atoms with Gasteiger partial charge in [0.2, 0.25) is 0 Å². The zero-order chi connectivity index (χ0) is 11.4. The largest absolute Gasteiger partial charge is 0.337 e. The molecule has 0 aliphatic rings. The quantitative estimate of drug-likeness (QED) is 0.782. The van der Waals surface area contributed by atoms with Crippen LogP contribution in [0.15, 0.2) is 36.8 Å². The van der Waals surface area contributed by atoms with E-state index in [0.29, 0.717) is 0 Å². The Labute approximate surface area is 101 Å². The predicted octanol–water partition coefficient (Wildman–Crippen LogP) is 4.00. The molecule has 16 heavy (non-hydrogen) atoms. The van der Waals surface area contributed by atoms with Gasteiger partial charge < -0.3 is 4.57 Å². The summed E-state index contributed by atoms with van der Waals surface area (Å²) in [4.78, 5) is 4.38. The van der Waals surface area contributed by atoms with Gasteiger partial charge in [-0.05, 0) is 12.5 Å². The first-order valence-electron chi connectivity index (χ1n) is 5.58. The summed E-state index contributed by atoms with van der Waals surface area (Å²) < 4.78 is 2.11. The van der Waals surface area contributed by atoms with Crippen LogP contribution in [0.1, 0.15) is 19.8 Å². The van der Waals surface area contributed by atoms with Gasteiger partial charge in [0, 0.05) is 18.3 Å². The van der Waals surface area contributed by atoms with Gasteiger partial charge in [0.25, 0.3) is 0 Å². The van der Waals surface area contributed by atoms with Crippen molar-refractivity contribution in [2.24, 2.45) is 0 Å². The summed E-state index contributed by atoms with van der Waals surface area (Å²) in [6.45, 7) is 3.21. The van der Waals surface area contributed by atoms with E-state index in [9.17, 15) is 0 Å². The van der Waals surface area contributed by atoms with E-state index >= 15 is 0 Å². The molecular weight excluding hydrogens is 220 g/mol. The van der Waals surface area contributed by atoms with Crippen LogP contribution in [0.25, 0.3) is 11.3 Å². The Bertz CT molecular complexity index is 462. The Kier molecular flexibility index (Phi) is 3.62. The monoisotopic (exact) mass is 234 g/mol. The lowest BCUT2D eigenvalue weighted by Gasteiger charge is -2.00. The number of hydrogen-bond donors (Lipinski definition) is 0. The lowest BCUT2D eigenvalue weighted by Crippen LogP contribution is -1.92. The number of rotatable bonds is 4. The zero-order valence-electron chi connectivity index (χ0n) is 9.36. The summed E-state index contributed by atoms with van der Waals surface area (Å²) in [6, 6.07) is 7.79. The van der Waals surface area contributed by atoms with Gasteiger partial charge in [-0.2, -0.15) is 0 Å². The van der Waals surface area contributed by atoms with Gasteiger partial charge in [0.15, 0.2) is 0 Å². The number of imidazole rings is 1. The second-order valence-electron chi connectivity index (χ2n) is 3.83. The average Bonchev–Trinajstić information content (AvgIpc) is 2.75. The molecule has 1 heterocycles. The van der Waals surface area contributed by atoms with Crippen LogP contribution in [-0.2, 0) is 6.54 Å². The van der Waals surface area contributed by atoms with Crippen LogP contribution >= 0.6 is 11.6 Å². The van der Waals surface area contributed by atoms with Crippen molar-refractivity contribution in [3.8, 4) is 11.3 Å². The molecule has 2 aromatic rings. The predicted molar refractivity (Wildman–Crippen MR) is 67.6 cm³/mol. The molecule has 0 unspecified atom stereocenters. The Hall–Kier alpha value is -1.28. The van der Waals surface area contributed by atoms with Crippen molar-refractivity contribution in [1.82, 2.24) is 9.55 Å². The summed E-state index contributed by atoms with van der Waals surface area (Å²) in [5.74, 6) is 0. The van der Waals surface area contributed by atoms with Gasteiger partial charge in [-0.25, -0.2) is 4.98 Å². The molecule has 1 aromatic carbocycles. The average molecular weight is 235 g/mol. The standard InChI is InChI=1S/C13H15ClN2/c1-2-3-8-16-9-13(15-10-16)11-6-4-5-7-12(11)14/h4-7,9-10H,2-3,8H2,1H3. The van der Waals surface area contributed by atoms with Crippen LogP contribution in [0.5, 0.6) is 0 Å². The highest BCUT2D eigenvalue weighted by atomic mass is 35.5. The van der Waals surface area contributed by atoms with Crippen LogP contribution in [0.4, 0.5) is 0 Å². The number of aromatic nitrogens is 2. The first kappa shape index (κ1) is 11.2. The number of halogens is 1. The van der Waals surface area contributed by atoms with E-state index < -0.39 is 0 Å². The Morgan fingerprint density at radius 2 is 2.12 bits per heavy atom. The second kappa shape index (κ2) is 5.17. The molecule has 0 N–H and O–H groups in total. The minimum absolute atomic E-state index is 0.753. The Morgan fingerprint density at radius 3 is 2.88 bits per heavy atom. The van der Waals surface area contributed by atoms with E-state index in [1.165, 1.54) is 12.8 Å². The summed E-state index contributed by atoms with van der Waals surface area (Å²) in [6.07, 6.45) is 6.29. The number of nitrogens with zero attached hydrogens (tertiary/aromatic N) is 2. The van der Waals surface area contributed by atoms with Crippen LogP contribution in [0.2, 0.25) is 5.02 Å². The SMILES string of the molecule is CCCCn1cnc(-c2ccccc2Cl)c1. The van der Waals surface area contributed by atoms with Crippen molar-refractivity contribution in [3.63, 3.8) is 0 Å². The number of hydrogen-bond acceptors (Lipinski definition) is 1. The molecule has 0 amide bonds. The highest BCUT2D eigenvalue weighted by Crippen LogP contribution is 2.25. The maximum absolute atomic E-state index is 6.12. The molecule has 0 saturated heterocycles. The summed E-state index contributed by atoms with van der Waals surface area (Å²) in [7, 11) is 0. The maximum Gasteiger partial charge on any atom is 0.0953 e. The van der Waals surface area contributed by atoms with Crippen molar-refractivity contribution < 1.29 is 0 Å². The van der Waals surface area contributed by atoms with Gasteiger partial charge in [0.05, 0.1) is 17.0 Å². The molecule has 0 radical (unpaired) electrons. The Morgan fingerprint density at radius 1 is 1.31 bits per heavy atom. The molecule has 0 atom stereocenters. The van der Waals surface area contributed by atoms with Crippen molar-refractivity contribution in [2.75, 3.05) is 0 Å². The van der Waals surface area contributed by atoms with E-state index in [1.54, 1.807) is 0 Å². The molecule has 0 saturated carbocycles. The summed E-state index contributed by atoms with van der Waals surface area (Å²) >= 11 is 6.12. The summed E-state index contributed by atoms with van der Waals surface area (Å²) in [5, 5.41) is 0.753. The fourth-order valence-electron chi connectivity index (χ4n) is 1.63. The van der Waals surface area contributed by atoms with Gasteiger partial charge in [-0.15, -0.1) is 0 Å². The van der Waals surface area contributed by atoms with Crippen molar-refractivity contribution >= 4 is 11.6 Å². The lowest BCUT2D eigenvalue weighted by atomic mass is 10.2. The normalized spacial score (nSPS) is 10.6. The van der Waals surface area contributed by atoms with Gasteiger partial charge >= 0.3 is 0 Å². The highest BCUT2D eigenvalue weighted by molar-refractivity contribution is 6.33. The molecule has 0 bridgehead atoms. The van der Waals surface area contributed by atoms with Crippen molar-refractivity contribution in [3.05, 3.63) is 41.8 Å². The maximum atomic E-state index is 6.12. The lowest BCUT2D eigenvalue weighted by molar-refractivity contribution is 0.631. The fraction of sp³-hybridized carbons (Fsp3) is 0.308. The fourth-order valence-corrected chi connectivity index (χ4v) is 1.86. The second-order valence-corrected chi connectivity index (χ2v) is 4.24. The molecule has 2 nitrogen and oxygen atoms in total. The summed E-state index contributed by atoms with van der Waals surface area (Å²) in [5.41, 5.74) is 1.95. The van der Waals surface area contributed by atoms with E-state index in [2.05, 4.69) is 22.7 Å². The van der Waals surface area contributed by atoms with Crippen LogP contribution in [-0.4, -0.2) is 9.55 Å². The molecule has 0 spiro atoms. The molecule has 3 heteroatoms. The van der Waals surface area contributed by atoms with E-state index in [-0.39, 0.29) is 0 Å². The third kappa shape index (κ3) is 2.45. The van der Waals surface area contributed by atoms with Gasteiger partial charge in [-0.1, -0.05) is 43.1 Å². The van der Waals surface area contributed by atoms with E-state index in [4.69, 9.17) is 11.6 Å². The number of unbranched alkanes of at least 4 members (excludes halogenated alkanes) is 1. The minimum Gasteiger partial charge on any atom is -0.337 e. The third-order valence-electron chi connectivity index (χ3n) is 2.55. The molecule has 0 fully saturated rings. The molecular formula is C13H15ClN2. The molecule has 84 valence electrons. The highest BCUT2D eigenvalue weighted by Gasteiger charge is 2.05.